The minimum absolute atomic E-state index is 0.0442. The molecule has 7 nitrogen and oxygen atoms in total. The Hall–Kier alpha value is -3.66. The monoisotopic (exact) mass is 479 g/mol. The molecule has 10 heteroatoms. The molecule has 1 heterocycles. The molecule has 0 saturated carbocycles. The van der Waals surface area contributed by atoms with Crippen LogP contribution in [0.15, 0.2) is 65.6 Å². The van der Waals surface area contributed by atoms with Gasteiger partial charge in [0, 0.05) is 18.3 Å². The van der Waals surface area contributed by atoms with E-state index in [4.69, 9.17) is 14.2 Å². The Morgan fingerprint density at radius 1 is 0.912 bits per heavy atom. The maximum absolute atomic E-state index is 12.7. The quantitative estimate of drug-likeness (QED) is 0.488. The van der Waals surface area contributed by atoms with Crippen LogP contribution < -0.4 is 24.5 Å². The molecule has 0 atom stereocenters. The van der Waals surface area contributed by atoms with Gasteiger partial charge in [0.1, 0.15) is 24.7 Å². The van der Waals surface area contributed by atoms with Crippen molar-refractivity contribution in [1.82, 2.24) is 4.57 Å². The molecule has 0 aliphatic carbocycles. The normalized spacial score (nSPS) is 11.7. The summed E-state index contributed by atoms with van der Waals surface area (Å²) in [6.45, 7) is 3.35. The van der Waals surface area contributed by atoms with Crippen molar-refractivity contribution in [2.45, 2.75) is 32.4 Å². The van der Waals surface area contributed by atoms with E-state index in [1.165, 1.54) is 29.9 Å². The van der Waals surface area contributed by atoms with Gasteiger partial charge >= 0.3 is 6.36 Å². The maximum atomic E-state index is 12.7. The molecule has 0 amide bonds. The van der Waals surface area contributed by atoms with Gasteiger partial charge in [-0.2, -0.15) is 0 Å². The number of aromatic nitrogens is 1. The number of benzene rings is 2. The molecule has 0 spiro atoms. The fourth-order valence-electron chi connectivity index (χ4n) is 2.91. The van der Waals surface area contributed by atoms with Gasteiger partial charge in [0.15, 0.2) is 11.5 Å². The second-order valence-corrected chi connectivity index (χ2v) is 7.99. The van der Waals surface area contributed by atoms with Crippen LogP contribution >= 0.6 is 0 Å². The van der Waals surface area contributed by atoms with Crippen molar-refractivity contribution >= 4 is 0 Å². The molecule has 3 rings (SSSR count). The molecule has 1 aromatic heterocycles. The fraction of sp³-hybridized carbons (Fsp3) is 0.292. The van der Waals surface area contributed by atoms with E-state index in [1.807, 2.05) is 0 Å². The van der Waals surface area contributed by atoms with Gasteiger partial charge in [0.05, 0.1) is 18.4 Å². The standard InChI is InChI=1S/C24H24F3NO6/c1-23(2,30)15-33-20-9-4-17(13-21(20)31-3)28-11-10-16(12-22(28)29)14-32-18-5-7-19(8-6-18)34-24(25,26)27/h4-13,30H,14-15H2,1-3H3. The van der Waals surface area contributed by atoms with Crippen molar-refractivity contribution < 1.29 is 37.2 Å². The summed E-state index contributed by atoms with van der Waals surface area (Å²) < 4.78 is 58.4. The molecule has 182 valence electrons. The summed E-state index contributed by atoms with van der Waals surface area (Å²) in [7, 11) is 1.47. The van der Waals surface area contributed by atoms with Crippen molar-refractivity contribution in [3.05, 3.63) is 76.7 Å². The Bertz CT molecular complexity index is 1170. The van der Waals surface area contributed by atoms with Crippen LogP contribution in [0.3, 0.4) is 0 Å². The number of nitrogens with zero attached hydrogens (tertiary/aromatic N) is 1. The molecule has 34 heavy (non-hydrogen) atoms. The Labute approximate surface area is 193 Å². The molecule has 0 fully saturated rings. The lowest BCUT2D eigenvalue weighted by molar-refractivity contribution is -0.274. The molecular formula is C24H24F3NO6. The van der Waals surface area contributed by atoms with Crippen molar-refractivity contribution in [1.29, 1.82) is 0 Å². The van der Waals surface area contributed by atoms with Crippen LogP contribution in [0, 0.1) is 0 Å². The van der Waals surface area contributed by atoms with Gasteiger partial charge in [0.2, 0.25) is 0 Å². The second kappa shape index (κ2) is 10.1. The lowest BCUT2D eigenvalue weighted by Crippen LogP contribution is -2.28. The predicted molar refractivity (Wildman–Crippen MR) is 118 cm³/mol. The minimum Gasteiger partial charge on any atom is -0.493 e. The smallest absolute Gasteiger partial charge is 0.493 e. The van der Waals surface area contributed by atoms with Gasteiger partial charge in [-0.15, -0.1) is 13.2 Å². The molecule has 0 aliphatic rings. The summed E-state index contributed by atoms with van der Waals surface area (Å²) in [5, 5.41) is 9.84. The van der Waals surface area contributed by atoms with Crippen LogP contribution in [0.4, 0.5) is 13.2 Å². The number of methoxy groups -OCH3 is 1. The molecular weight excluding hydrogens is 455 g/mol. The zero-order chi connectivity index (χ0) is 24.9. The lowest BCUT2D eigenvalue weighted by Gasteiger charge is -2.19. The first kappa shape index (κ1) is 25.0. The molecule has 3 aromatic rings. The van der Waals surface area contributed by atoms with Gasteiger partial charge < -0.3 is 24.1 Å². The summed E-state index contributed by atoms with van der Waals surface area (Å²) in [5.74, 6) is 0.802. The number of pyridine rings is 1. The first-order valence-electron chi connectivity index (χ1n) is 10.2. The Kier molecular flexibility index (Phi) is 7.41. The highest BCUT2D eigenvalue weighted by atomic mass is 19.4. The van der Waals surface area contributed by atoms with Gasteiger partial charge in [-0.05, 0) is 61.9 Å². The SMILES string of the molecule is COc1cc(-n2ccc(COc3ccc(OC(F)(F)F)cc3)cc2=O)ccc1OCC(C)(C)O. The van der Waals surface area contributed by atoms with E-state index < -0.39 is 12.0 Å². The van der Waals surface area contributed by atoms with Gasteiger partial charge in [-0.25, -0.2) is 0 Å². The summed E-state index contributed by atoms with van der Waals surface area (Å²) in [4.78, 5) is 12.7. The third-order valence-electron chi connectivity index (χ3n) is 4.45. The summed E-state index contributed by atoms with van der Waals surface area (Å²) >= 11 is 0. The summed E-state index contributed by atoms with van der Waals surface area (Å²) in [5.41, 5.74) is -0.210. The second-order valence-electron chi connectivity index (χ2n) is 7.99. The van der Waals surface area contributed by atoms with Gasteiger partial charge in [-0.3, -0.25) is 9.36 Å². The highest BCUT2D eigenvalue weighted by Gasteiger charge is 2.31. The van der Waals surface area contributed by atoms with E-state index in [-0.39, 0.29) is 24.5 Å². The minimum atomic E-state index is -4.76. The van der Waals surface area contributed by atoms with Crippen molar-refractivity contribution in [3.63, 3.8) is 0 Å². The molecule has 2 aromatic carbocycles. The van der Waals surface area contributed by atoms with Crippen LogP contribution in [0.1, 0.15) is 19.4 Å². The maximum Gasteiger partial charge on any atom is 0.573 e. The molecule has 1 N–H and O–H groups in total. The third-order valence-corrected chi connectivity index (χ3v) is 4.45. The van der Waals surface area contributed by atoms with E-state index >= 15 is 0 Å². The molecule has 0 bridgehead atoms. The van der Waals surface area contributed by atoms with E-state index in [0.29, 0.717) is 28.5 Å². The summed E-state index contributed by atoms with van der Waals surface area (Å²) in [6.07, 6.45) is -3.19. The number of hydrogen-bond acceptors (Lipinski definition) is 6. The summed E-state index contributed by atoms with van der Waals surface area (Å²) in [6, 6.07) is 13.0. The van der Waals surface area contributed by atoms with E-state index in [9.17, 15) is 23.1 Å². The van der Waals surface area contributed by atoms with Crippen molar-refractivity contribution in [3.8, 4) is 28.7 Å². The Balaban J connectivity index is 1.68. The highest BCUT2D eigenvalue weighted by Crippen LogP contribution is 2.30. The Morgan fingerprint density at radius 3 is 2.18 bits per heavy atom. The average Bonchev–Trinajstić information content (AvgIpc) is 2.75. The number of hydrogen-bond donors (Lipinski definition) is 1. The molecule has 0 aliphatic heterocycles. The first-order chi connectivity index (χ1) is 15.9. The zero-order valence-corrected chi connectivity index (χ0v) is 18.8. The number of halogens is 3. The molecule has 0 radical (unpaired) electrons. The van der Waals surface area contributed by atoms with E-state index in [2.05, 4.69) is 4.74 Å². The number of ether oxygens (including phenoxy) is 4. The van der Waals surface area contributed by atoms with Crippen molar-refractivity contribution in [2.75, 3.05) is 13.7 Å². The van der Waals surface area contributed by atoms with E-state index in [0.717, 1.165) is 12.1 Å². The molecule has 0 saturated heterocycles. The number of alkyl halides is 3. The first-order valence-corrected chi connectivity index (χ1v) is 10.2. The fourth-order valence-corrected chi connectivity index (χ4v) is 2.91. The van der Waals surface area contributed by atoms with Gasteiger partial charge in [-0.1, -0.05) is 0 Å². The topological polar surface area (TPSA) is 79.2 Å². The largest absolute Gasteiger partial charge is 0.573 e. The predicted octanol–water partition coefficient (Wildman–Crippen LogP) is 4.47. The van der Waals surface area contributed by atoms with Crippen LogP contribution in [0.25, 0.3) is 5.69 Å². The lowest BCUT2D eigenvalue weighted by atomic mass is 10.2. The van der Waals surface area contributed by atoms with E-state index in [1.54, 1.807) is 44.3 Å². The van der Waals surface area contributed by atoms with Crippen molar-refractivity contribution in [2.24, 2.45) is 0 Å². The van der Waals surface area contributed by atoms with Crippen LogP contribution in [-0.4, -0.2) is 35.4 Å². The molecule has 0 unspecified atom stereocenters. The zero-order valence-electron chi connectivity index (χ0n) is 18.8. The Morgan fingerprint density at radius 2 is 1.59 bits per heavy atom. The average molecular weight is 479 g/mol. The van der Waals surface area contributed by atoms with Gasteiger partial charge in [0.25, 0.3) is 5.56 Å². The van der Waals surface area contributed by atoms with Crippen LogP contribution in [-0.2, 0) is 6.61 Å². The van der Waals surface area contributed by atoms with Crippen LogP contribution in [0.2, 0.25) is 0 Å². The third kappa shape index (κ3) is 7.17. The number of rotatable bonds is 9. The highest BCUT2D eigenvalue weighted by molar-refractivity contribution is 5.49. The van der Waals surface area contributed by atoms with Crippen LogP contribution in [0.5, 0.6) is 23.0 Å². The number of aliphatic hydroxyl groups is 1.